The topological polar surface area (TPSA) is 127 Å². The maximum absolute atomic E-state index is 10.1. The summed E-state index contributed by atoms with van der Waals surface area (Å²) in [5, 5.41) is 16.5. The van der Waals surface area contributed by atoms with E-state index < -0.39 is 24.0 Å². The number of carboxylic acids is 2. The second-order valence-corrected chi connectivity index (χ2v) is 4.19. The minimum Gasteiger partial charge on any atom is -0.480 e. The van der Waals surface area contributed by atoms with E-state index in [1.54, 1.807) is 13.8 Å². The number of hydrogen-bond donors (Lipinski definition) is 4. The zero-order valence-corrected chi connectivity index (χ0v) is 10.7. The Morgan fingerprint density at radius 1 is 1.12 bits per heavy atom. The van der Waals surface area contributed by atoms with Gasteiger partial charge in [0.1, 0.15) is 12.1 Å². The number of unbranched alkanes of at least 4 members (excludes halogenated alkanes) is 1. The second-order valence-electron chi connectivity index (χ2n) is 4.19. The van der Waals surface area contributed by atoms with Crippen molar-refractivity contribution in [1.82, 2.24) is 0 Å². The van der Waals surface area contributed by atoms with E-state index in [0.29, 0.717) is 6.42 Å². The van der Waals surface area contributed by atoms with Gasteiger partial charge >= 0.3 is 11.9 Å². The van der Waals surface area contributed by atoms with Gasteiger partial charge in [0.25, 0.3) is 0 Å². The lowest BCUT2D eigenvalue weighted by Gasteiger charge is -2.07. The zero-order chi connectivity index (χ0) is 14.0. The molecule has 0 unspecified atom stereocenters. The molecule has 0 aliphatic carbocycles. The molecule has 0 saturated carbocycles. The minimum absolute atomic E-state index is 0.0208. The van der Waals surface area contributed by atoms with Crippen molar-refractivity contribution in [2.24, 2.45) is 17.4 Å². The molecule has 0 amide bonds. The zero-order valence-electron chi connectivity index (χ0n) is 10.7. The van der Waals surface area contributed by atoms with Crippen LogP contribution in [0.3, 0.4) is 0 Å². The van der Waals surface area contributed by atoms with Gasteiger partial charge in [0.15, 0.2) is 0 Å². The van der Waals surface area contributed by atoms with Crippen LogP contribution in [0.2, 0.25) is 0 Å². The highest BCUT2D eigenvalue weighted by Crippen LogP contribution is 1.97. The average molecular weight is 248 g/mol. The maximum atomic E-state index is 10.1. The summed E-state index contributed by atoms with van der Waals surface area (Å²) in [5.74, 6) is -1.81. The molecule has 0 aromatic rings. The highest BCUT2D eigenvalue weighted by atomic mass is 16.4. The van der Waals surface area contributed by atoms with E-state index in [-0.39, 0.29) is 5.92 Å². The molecule has 0 rings (SSSR count). The predicted octanol–water partition coefficient (Wildman–Crippen LogP) is 0.643. The summed E-state index contributed by atoms with van der Waals surface area (Å²) in [5.41, 5.74) is 10.4. The third-order valence-corrected chi connectivity index (χ3v) is 2.19. The fourth-order valence-electron chi connectivity index (χ4n) is 0.833. The highest BCUT2D eigenvalue weighted by molar-refractivity contribution is 5.73. The van der Waals surface area contributed by atoms with Gasteiger partial charge in [0.05, 0.1) is 0 Å². The molecule has 0 aromatic carbocycles. The van der Waals surface area contributed by atoms with Gasteiger partial charge in [-0.05, 0) is 12.3 Å². The summed E-state index contributed by atoms with van der Waals surface area (Å²) < 4.78 is 0. The smallest absolute Gasteiger partial charge is 0.320 e. The lowest BCUT2D eigenvalue weighted by Crippen LogP contribution is -2.34. The van der Waals surface area contributed by atoms with Crippen LogP contribution in [0.15, 0.2) is 0 Å². The van der Waals surface area contributed by atoms with E-state index in [0.717, 1.165) is 12.8 Å². The SMILES string of the molecule is CC(C)[C@@H](N)C(=O)O.CCCC[C@H](N)C(=O)O. The fraction of sp³-hybridized carbons (Fsp3) is 0.818. The van der Waals surface area contributed by atoms with E-state index in [1.807, 2.05) is 6.92 Å². The molecular weight excluding hydrogens is 224 g/mol. The number of hydrogen-bond acceptors (Lipinski definition) is 4. The molecule has 6 heteroatoms. The molecule has 0 saturated heterocycles. The first-order valence-electron chi connectivity index (χ1n) is 5.70. The quantitative estimate of drug-likeness (QED) is 0.546. The van der Waals surface area contributed by atoms with Crippen molar-refractivity contribution in [2.45, 2.75) is 52.1 Å². The van der Waals surface area contributed by atoms with Crippen LogP contribution in [0.25, 0.3) is 0 Å². The Bertz CT molecular complexity index is 232. The number of carbonyl (C=O) groups is 2. The molecule has 0 aliphatic heterocycles. The fourth-order valence-corrected chi connectivity index (χ4v) is 0.833. The molecule has 0 aromatic heterocycles. The van der Waals surface area contributed by atoms with Gasteiger partial charge in [-0.2, -0.15) is 0 Å². The minimum atomic E-state index is -0.931. The lowest BCUT2D eigenvalue weighted by molar-refractivity contribution is -0.140. The first-order chi connectivity index (χ1) is 7.73. The molecule has 2 atom stereocenters. The third kappa shape index (κ3) is 11.1. The van der Waals surface area contributed by atoms with Crippen LogP contribution in [-0.4, -0.2) is 34.2 Å². The molecule has 0 radical (unpaired) electrons. The molecule has 0 aliphatic rings. The van der Waals surface area contributed by atoms with Crippen molar-refractivity contribution >= 4 is 11.9 Å². The van der Waals surface area contributed by atoms with Crippen LogP contribution in [0.1, 0.15) is 40.0 Å². The number of carboxylic acid groups (broad SMARTS) is 2. The normalized spacial score (nSPS) is 13.5. The summed E-state index contributed by atoms with van der Waals surface area (Å²) in [6.45, 7) is 5.56. The first kappa shape index (κ1) is 18.2. The van der Waals surface area contributed by atoms with Crippen molar-refractivity contribution in [1.29, 1.82) is 0 Å². The van der Waals surface area contributed by atoms with Gasteiger partial charge in [-0.15, -0.1) is 0 Å². The predicted molar refractivity (Wildman–Crippen MR) is 65.6 cm³/mol. The van der Waals surface area contributed by atoms with Crippen LogP contribution in [0.4, 0.5) is 0 Å². The van der Waals surface area contributed by atoms with Crippen LogP contribution in [-0.2, 0) is 9.59 Å². The lowest BCUT2D eigenvalue weighted by atomic mass is 10.1. The Kier molecular flexibility index (Phi) is 10.8. The summed E-state index contributed by atoms with van der Waals surface area (Å²) in [7, 11) is 0. The van der Waals surface area contributed by atoms with Gasteiger partial charge in [0.2, 0.25) is 0 Å². The van der Waals surface area contributed by atoms with Crippen LogP contribution >= 0.6 is 0 Å². The summed E-state index contributed by atoms with van der Waals surface area (Å²) in [4.78, 5) is 20.1. The van der Waals surface area contributed by atoms with Crippen molar-refractivity contribution in [3.8, 4) is 0 Å². The van der Waals surface area contributed by atoms with Crippen molar-refractivity contribution in [2.75, 3.05) is 0 Å². The second kappa shape index (κ2) is 10.0. The molecule has 0 spiro atoms. The monoisotopic (exact) mass is 248 g/mol. The molecule has 0 heterocycles. The summed E-state index contributed by atoms with van der Waals surface area (Å²) in [6, 6.07) is -1.38. The number of rotatable bonds is 6. The Labute approximate surface area is 102 Å². The highest BCUT2D eigenvalue weighted by Gasteiger charge is 2.14. The van der Waals surface area contributed by atoms with E-state index >= 15 is 0 Å². The molecular formula is C11H24N2O4. The van der Waals surface area contributed by atoms with E-state index in [1.165, 1.54) is 0 Å². The molecule has 6 N–H and O–H groups in total. The van der Waals surface area contributed by atoms with Crippen molar-refractivity contribution in [3.05, 3.63) is 0 Å². The van der Waals surface area contributed by atoms with Gasteiger partial charge < -0.3 is 21.7 Å². The number of nitrogens with two attached hydrogens (primary N) is 2. The Balaban J connectivity index is 0. The molecule has 6 nitrogen and oxygen atoms in total. The van der Waals surface area contributed by atoms with Crippen molar-refractivity contribution in [3.63, 3.8) is 0 Å². The van der Waals surface area contributed by atoms with Crippen LogP contribution < -0.4 is 11.5 Å². The molecule has 17 heavy (non-hydrogen) atoms. The largest absolute Gasteiger partial charge is 0.480 e. The maximum Gasteiger partial charge on any atom is 0.320 e. The molecule has 0 bridgehead atoms. The van der Waals surface area contributed by atoms with Crippen molar-refractivity contribution < 1.29 is 19.8 Å². The Hall–Kier alpha value is -1.14. The van der Waals surface area contributed by atoms with E-state index in [9.17, 15) is 9.59 Å². The van der Waals surface area contributed by atoms with Gasteiger partial charge in [-0.3, -0.25) is 9.59 Å². The first-order valence-corrected chi connectivity index (χ1v) is 5.70. The van der Waals surface area contributed by atoms with Gasteiger partial charge in [0, 0.05) is 0 Å². The number of aliphatic carboxylic acids is 2. The van der Waals surface area contributed by atoms with Crippen LogP contribution in [0, 0.1) is 5.92 Å². The van der Waals surface area contributed by atoms with Crippen LogP contribution in [0.5, 0.6) is 0 Å². The van der Waals surface area contributed by atoms with Gasteiger partial charge in [-0.1, -0.05) is 33.6 Å². The summed E-state index contributed by atoms with van der Waals surface area (Å²) in [6.07, 6.45) is 2.49. The summed E-state index contributed by atoms with van der Waals surface area (Å²) >= 11 is 0. The average Bonchev–Trinajstić information content (AvgIpc) is 2.25. The third-order valence-electron chi connectivity index (χ3n) is 2.19. The van der Waals surface area contributed by atoms with E-state index in [2.05, 4.69) is 0 Å². The molecule has 0 fully saturated rings. The molecule has 102 valence electrons. The Morgan fingerprint density at radius 3 is 1.76 bits per heavy atom. The van der Waals surface area contributed by atoms with E-state index in [4.69, 9.17) is 21.7 Å². The Morgan fingerprint density at radius 2 is 1.59 bits per heavy atom. The van der Waals surface area contributed by atoms with Gasteiger partial charge in [-0.25, -0.2) is 0 Å². The standard InChI is InChI=1S/C6H13NO2.C5H11NO2/c1-2-3-4-5(7)6(8)9;1-3(2)4(6)5(7)8/h5H,2-4,7H2,1H3,(H,8,9);3-4H,6H2,1-2H3,(H,7,8)/t5-;4-/m01/s1.